The van der Waals surface area contributed by atoms with Gasteiger partial charge in [0, 0.05) is 43.3 Å². The van der Waals surface area contributed by atoms with E-state index in [0.29, 0.717) is 40.8 Å². The van der Waals surface area contributed by atoms with Crippen LogP contribution in [0.15, 0.2) is 36.5 Å². The number of allylic oxidation sites excluding steroid dienone is 1. The minimum Gasteiger partial charge on any atom is -0.495 e. The van der Waals surface area contributed by atoms with Crippen molar-refractivity contribution in [2.45, 2.75) is 108 Å². The fourth-order valence-corrected chi connectivity index (χ4v) is 9.55. The maximum Gasteiger partial charge on any atom is 0.408 e. The Morgan fingerprint density at radius 2 is 1.91 bits per heavy atom. The zero-order valence-electron chi connectivity index (χ0n) is 32.5. The van der Waals surface area contributed by atoms with Gasteiger partial charge in [-0.15, -0.1) is 0 Å². The molecule has 2 aliphatic carbocycles. The van der Waals surface area contributed by atoms with Gasteiger partial charge in [-0.05, 0) is 66.5 Å². The molecule has 1 aromatic carbocycles. The van der Waals surface area contributed by atoms with E-state index in [2.05, 4.69) is 10.3 Å². The van der Waals surface area contributed by atoms with Crippen molar-refractivity contribution in [2.24, 2.45) is 23.2 Å². The molecule has 1 saturated heterocycles. The van der Waals surface area contributed by atoms with Crippen molar-refractivity contribution in [1.29, 1.82) is 0 Å². The molecule has 3 fully saturated rings. The number of methoxy groups -OCH3 is 1. The monoisotopic (exact) mass is 819 g/mol. The highest BCUT2D eigenvalue weighted by Gasteiger charge is 2.64. The Bertz CT molecular complexity index is 2040. The normalized spacial score (nSPS) is 29.2. The third kappa shape index (κ3) is 8.41. The van der Waals surface area contributed by atoms with Crippen molar-refractivity contribution in [2.75, 3.05) is 20.2 Å². The number of amides is 4. The van der Waals surface area contributed by atoms with Crippen LogP contribution in [-0.2, 0) is 24.4 Å². The standard InChI is InChI=1S/C39H51ClFN5O9S/c1-22-9-7-8-10-25-19-39(25,35(49)44-56(52,53)38(41)12-13-38)43-32(47)29-17-26(55-33-27-18-28(40)30(54-6)16-24(27)11-14-42-33)20-45(29)34(48)31(23(2)15-22)46(36(50)51)21-37(3,4)5/h8,10-11,14,16,18,22-23,25-26,29,31H,7,9,12-13,15,17,19-21H2,1-6H3,(H,43,47)(H,44,49)(H,50,51)/t22-,23-,25-,26-,29+,31+,39-/m1/s1. The number of carbonyl (C=O) groups is 4. The number of ether oxygens (including phenoxy) is 2. The summed E-state index contributed by atoms with van der Waals surface area (Å²) in [5.74, 6) is -2.81. The van der Waals surface area contributed by atoms with Crippen LogP contribution < -0.4 is 19.5 Å². The lowest BCUT2D eigenvalue weighted by Gasteiger charge is -2.40. The molecule has 0 unspecified atom stereocenters. The molecule has 3 N–H and O–H groups in total. The van der Waals surface area contributed by atoms with Gasteiger partial charge < -0.3 is 24.8 Å². The van der Waals surface area contributed by atoms with E-state index in [9.17, 15) is 32.3 Å². The fourth-order valence-electron chi connectivity index (χ4n) is 8.06. The van der Waals surface area contributed by atoms with Crippen LogP contribution in [0.5, 0.6) is 11.6 Å². The number of aromatic nitrogens is 1. The van der Waals surface area contributed by atoms with Gasteiger partial charge in [0.05, 0.1) is 18.7 Å². The SMILES string of the molecule is COc1cc2ccnc(O[C@@H]3C[C@H]4C(=O)N[C@]5(C(=O)NS(=O)(=O)C6(F)CC6)C[C@H]5C=CCC[C@@H](C)C[C@@H](C)[C@H](N(CC(C)(C)C)C(=O)O)C(=O)N4C3)c2cc1Cl. The average Bonchev–Trinajstić information content (AvgIpc) is 3.99. The second-order valence-electron chi connectivity index (χ2n) is 17.1. The Morgan fingerprint density at radius 1 is 1.20 bits per heavy atom. The topological polar surface area (TPSA) is 185 Å². The molecule has 2 aromatic rings. The number of carbonyl (C=O) groups excluding carboxylic acids is 3. The van der Waals surface area contributed by atoms with Gasteiger partial charge in [-0.3, -0.25) is 19.3 Å². The molecule has 1 aromatic heterocycles. The van der Waals surface area contributed by atoms with Crippen molar-refractivity contribution in [3.8, 4) is 11.6 Å². The van der Waals surface area contributed by atoms with Crippen LogP contribution in [0.2, 0.25) is 5.02 Å². The first-order valence-electron chi connectivity index (χ1n) is 19.0. The molecular weight excluding hydrogens is 769 g/mol. The van der Waals surface area contributed by atoms with Gasteiger partial charge >= 0.3 is 6.09 Å². The summed E-state index contributed by atoms with van der Waals surface area (Å²) in [5, 5.41) is 12.4. The average molecular weight is 820 g/mol. The van der Waals surface area contributed by atoms with Crippen LogP contribution in [0.1, 0.15) is 79.6 Å². The summed E-state index contributed by atoms with van der Waals surface area (Å²) in [6.07, 6.45) is 4.31. The van der Waals surface area contributed by atoms with E-state index in [0.717, 1.165) is 4.90 Å². The minimum atomic E-state index is -4.69. The zero-order chi connectivity index (χ0) is 41.0. The molecule has 4 aliphatic rings. The number of fused-ring (bicyclic) bond motifs is 3. The van der Waals surface area contributed by atoms with Crippen molar-refractivity contribution in [3.05, 3.63) is 41.6 Å². The lowest BCUT2D eigenvalue weighted by atomic mass is 9.86. The van der Waals surface area contributed by atoms with E-state index in [-0.39, 0.29) is 50.6 Å². The number of pyridine rings is 1. The van der Waals surface area contributed by atoms with Crippen LogP contribution >= 0.6 is 11.6 Å². The number of alkyl halides is 1. The molecule has 17 heteroatoms. The largest absolute Gasteiger partial charge is 0.495 e. The molecule has 56 heavy (non-hydrogen) atoms. The highest BCUT2D eigenvalue weighted by atomic mass is 35.5. The maximum atomic E-state index is 15.0. The molecule has 0 bridgehead atoms. The molecule has 3 heterocycles. The lowest BCUT2D eigenvalue weighted by molar-refractivity contribution is -0.145. The summed E-state index contributed by atoms with van der Waals surface area (Å²) < 4.78 is 54.2. The third-order valence-electron chi connectivity index (χ3n) is 11.2. The summed E-state index contributed by atoms with van der Waals surface area (Å²) in [5.41, 5.74) is -2.26. The maximum absolute atomic E-state index is 15.0. The minimum absolute atomic E-state index is 0.0322. The number of nitrogens with one attached hydrogen (secondary N) is 2. The molecule has 4 amide bonds. The Hall–Kier alpha value is -4.18. The van der Waals surface area contributed by atoms with Gasteiger partial charge in [-0.2, -0.15) is 0 Å². The zero-order valence-corrected chi connectivity index (χ0v) is 34.1. The summed E-state index contributed by atoms with van der Waals surface area (Å²) in [7, 11) is -3.20. The molecule has 2 aliphatic heterocycles. The number of carboxylic acid groups (broad SMARTS) is 1. The Balaban J connectivity index is 1.40. The summed E-state index contributed by atoms with van der Waals surface area (Å²) in [6.45, 7) is 9.38. The number of nitrogens with zero attached hydrogens (tertiary/aromatic N) is 3. The van der Waals surface area contributed by atoms with Crippen LogP contribution in [0, 0.1) is 23.2 Å². The van der Waals surface area contributed by atoms with Gasteiger partial charge in [-0.25, -0.2) is 27.3 Å². The quantitative estimate of drug-likeness (QED) is 0.290. The first-order valence-corrected chi connectivity index (χ1v) is 20.9. The summed E-state index contributed by atoms with van der Waals surface area (Å²) >= 11 is 6.46. The van der Waals surface area contributed by atoms with Gasteiger partial charge in [0.25, 0.3) is 15.9 Å². The first-order chi connectivity index (χ1) is 26.2. The molecule has 0 spiro atoms. The number of sulfonamides is 1. The van der Waals surface area contributed by atoms with Crippen molar-refractivity contribution < 1.29 is 46.6 Å². The highest BCUT2D eigenvalue weighted by molar-refractivity contribution is 7.91. The van der Waals surface area contributed by atoms with Crippen molar-refractivity contribution >= 4 is 56.2 Å². The first kappa shape index (κ1) is 41.5. The molecular formula is C39H51ClFN5O9S. The van der Waals surface area contributed by atoms with E-state index in [1.54, 1.807) is 24.3 Å². The number of benzene rings is 1. The van der Waals surface area contributed by atoms with Gasteiger partial charge in [0.1, 0.15) is 29.5 Å². The van der Waals surface area contributed by atoms with E-state index >= 15 is 4.79 Å². The van der Waals surface area contributed by atoms with E-state index < -0.39 is 79.8 Å². The van der Waals surface area contributed by atoms with Gasteiger partial charge in [-0.1, -0.05) is 58.4 Å². The molecule has 6 rings (SSSR count). The van der Waals surface area contributed by atoms with Crippen LogP contribution in [0.3, 0.4) is 0 Å². The van der Waals surface area contributed by atoms with Crippen LogP contribution in [-0.4, -0.2) is 101 Å². The third-order valence-corrected chi connectivity index (χ3v) is 13.4. The Labute approximate surface area is 331 Å². The smallest absolute Gasteiger partial charge is 0.408 e. The molecule has 2 saturated carbocycles. The van der Waals surface area contributed by atoms with Gasteiger partial charge in [0.2, 0.25) is 22.7 Å². The number of rotatable bonds is 8. The number of hydrogen-bond acceptors (Lipinski definition) is 9. The number of hydrogen-bond donors (Lipinski definition) is 3. The van der Waals surface area contributed by atoms with Gasteiger partial charge in [0.15, 0.2) is 0 Å². The van der Waals surface area contributed by atoms with Crippen LogP contribution in [0.4, 0.5) is 9.18 Å². The molecule has 7 atom stereocenters. The van der Waals surface area contributed by atoms with E-state index in [1.165, 1.54) is 18.2 Å². The van der Waals surface area contributed by atoms with Crippen molar-refractivity contribution in [3.63, 3.8) is 0 Å². The lowest BCUT2D eigenvalue weighted by Crippen LogP contribution is -2.60. The summed E-state index contributed by atoms with van der Waals surface area (Å²) in [4.78, 5) is 63.2. The molecule has 306 valence electrons. The van der Waals surface area contributed by atoms with Crippen molar-refractivity contribution in [1.82, 2.24) is 24.8 Å². The number of halogens is 2. The molecule has 14 nitrogen and oxygen atoms in total. The second kappa shape index (κ2) is 15.3. The molecule has 0 radical (unpaired) electrons. The van der Waals surface area contributed by atoms with E-state index in [1.807, 2.05) is 45.4 Å². The Kier molecular flexibility index (Phi) is 11.3. The predicted molar refractivity (Wildman–Crippen MR) is 206 cm³/mol. The second-order valence-corrected chi connectivity index (χ2v) is 19.5. The summed E-state index contributed by atoms with van der Waals surface area (Å²) in [6, 6.07) is 2.67. The Morgan fingerprint density at radius 3 is 2.55 bits per heavy atom. The predicted octanol–water partition coefficient (Wildman–Crippen LogP) is 5.43. The fraction of sp³-hybridized carbons (Fsp3) is 0.615. The highest BCUT2D eigenvalue weighted by Crippen LogP contribution is 2.48. The van der Waals surface area contributed by atoms with E-state index in [4.69, 9.17) is 21.1 Å². The van der Waals surface area contributed by atoms with Crippen LogP contribution in [0.25, 0.3) is 10.8 Å².